The number of hydrogen-bond donors (Lipinski definition) is 1. The third-order valence-corrected chi connectivity index (χ3v) is 7.70. The van der Waals surface area contributed by atoms with E-state index in [1.165, 1.54) is 4.31 Å². The summed E-state index contributed by atoms with van der Waals surface area (Å²) in [5.74, 6) is 0.763. The lowest BCUT2D eigenvalue weighted by Crippen LogP contribution is -2.62. The van der Waals surface area contributed by atoms with Crippen molar-refractivity contribution in [3.8, 4) is 0 Å². The summed E-state index contributed by atoms with van der Waals surface area (Å²) in [5.41, 5.74) is 1.34. The number of rotatable bonds is 4. The van der Waals surface area contributed by atoms with E-state index >= 15 is 0 Å². The standard InChI is InChI=1S/C19H25N5O4S/c1-4-29(26,27)24-9-15(17-20-14(3)22-28-17)19(12-24)10-23(11-19)18(25)21-16-8-6-5-7-13(16)2/h5-8,15H,4,9-12H2,1-3H3,(H,21,25). The molecule has 0 saturated carbocycles. The molecule has 1 atom stereocenters. The summed E-state index contributed by atoms with van der Waals surface area (Å²) in [6, 6.07) is 7.39. The van der Waals surface area contributed by atoms with Gasteiger partial charge in [-0.2, -0.15) is 4.98 Å². The van der Waals surface area contributed by atoms with Crippen molar-refractivity contribution < 1.29 is 17.7 Å². The summed E-state index contributed by atoms with van der Waals surface area (Å²) in [6.07, 6.45) is 0. The summed E-state index contributed by atoms with van der Waals surface area (Å²) in [7, 11) is -3.35. The SMILES string of the molecule is CCS(=O)(=O)N1CC(c2nc(C)no2)C2(CN(C(=O)Nc3ccccc3C)C2)C1. The monoisotopic (exact) mass is 419 g/mol. The molecule has 1 unspecified atom stereocenters. The Kier molecular flexibility index (Phi) is 4.86. The van der Waals surface area contributed by atoms with Gasteiger partial charge in [0.2, 0.25) is 15.9 Å². The van der Waals surface area contributed by atoms with Gasteiger partial charge in [-0.25, -0.2) is 17.5 Å². The molecular formula is C19H25N5O4S. The van der Waals surface area contributed by atoms with Crippen LogP contribution in [0.2, 0.25) is 0 Å². The minimum Gasteiger partial charge on any atom is -0.339 e. The smallest absolute Gasteiger partial charge is 0.321 e. The summed E-state index contributed by atoms with van der Waals surface area (Å²) in [5, 5.41) is 6.80. The molecule has 2 amide bonds. The van der Waals surface area contributed by atoms with Crippen LogP contribution in [0.5, 0.6) is 0 Å². The topological polar surface area (TPSA) is 109 Å². The number of aryl methyl sites for hydroxylation is 2. The fourth-order valence-electron chi connectivity index (χ4n) is 4.20. The first-order valence-electron chi connectivity index (χ1n) is 9.64. The number of aromatic nitrogens is 2. The average Bonchev–Trinajstić information content (AvgIpc) is 3.26. The van der Waals surface area contributed by atoms with Crippen molar-refractivity contribution in [2.45, 2.75) is 26.7 Å². The number of sulfonamides is 1. The molecule has 1 aromatic heterocycles. The highest BCUT2D eigenvalue weighted by atomic mass is 32.2. The zero-order chi connectivity index (χ0) is 20.8. The first-order chi connectivity index (χ1) is 13.7. The molecule has 1 N–H and O–H groups in total. The summed E-state index contributed by atoms with van der Waals surface area (Å²) in [6.45, 7) is 6.83. The quantitative estimate of drug-likeness (QED) is 0.812. The Morgan fingerprint density at radius 3 is 2.62 bits per heavy atom. The Morgan fingerprint density at radius 2 is 2.00 bits per heavy atom. The van der Waals surface area contributed by atoms with Gasteiger partial charge in [-0.15, -0.1) is 0 Å². The van der Waals surface area contributed by atoms with Crippen molar-refractivity contribution >= 4 is 21.7 Å². The number of para-hydroxylation sites is 1. The van der Waals surface area contributed by atoms with Gasteiger partial charge in [0, 0.05) is 37.3 Å². The molecule has 2 saturated heterocycles. The number of carbonyl (C=O) groups excluding carboxylic acids is 1. The predicted octanol–water partition coefficient (Wildman–Crippen LogP) is 1.97. The number of carbonyl (C=O) groups is 1. The van der Waals surface area contributed by atoms with Gasteiger partial charge < -0.3 is 14.7 Å². The van der Waals surface area contributed by atoms with E-state index in [4.69, 9.17) is 4.52 Å². The number of nitrogens with zero attached hydrogens (tertiary/aromatic N) is 4. The maximum absolute atomic E-state index is 12.7. The van der Waals surface area contributed by atoms with E-state index in [1.807, 2.05) is 31.2 Å². The van der Waals surface area contributed by atoms with Gasteiger partial charge in [-0.1, -0.05) is 23.4 Å². The van der Waals surface area contributed by atoms with E-state index in [1.54, 1.807) is 18.7 Å². The first kappa shape index (κ1) is 19.8. The molecule has 10 heteroatoms. The second kappa shape index (κ2) is 7.10. The third-order valence-electron chi connectivity index (χ3n) is 5.90. The normalized spacial score (nSPS) is 21.3. The van der Waals surface area contributed by atoms with Crippen molar-refractivity contribution in [2.75, 3.05) is 37.2 Å². The van der Waals surface area contributed by atoms with E-state index in [0.29, 0.717) is 37.9 Å². The molecule has 1 spiro atoms. The molecule has 0 bridgehead atoms. The zero-order valence-corrected chi connectivity index (χ0v) is 17.6. The van der Waals surface area contributed by atoms with Crippen LogP contribution in [-0.2, 0) is 10.0 Å². The van der Waals surface area contributed by atoms with Crippen LogP contribution >= 0.6 is 0 Å². The second-order valence-electron chi connectivity index (χ2n) is 7.89. The van der Waals surface area contributed by atoms with Crippen molar-refractivity contribution in [1.29, 1.82) is 0 Å². The third kappa shape index (κ3) is 3.51. The fraction of sp³-hybridized carbons (Fsp3) is 0.526. The minimum atomic E-state index is -3.35. The van der Waals surface area contributed by atoms with Crippen LogP contribution < -0.4 is 5.32 Å². The van der Waals surface area contributed by atoms with E-state index in [0.717, 1.165) is 11.3 Å². The molecule has 2 aromatic rings. The van der Waals surface area contributed by atoms with Gasteiger partial charge in [0.15, 0.2) is 5.82 Å². The molecule has 2 fully saturated rings. The van der Waals surface area contributed by atoms with Crippen LogP contribution in [0.3, 0.4) is 0 Å². The molecule has 0 aliphatic carbocycles. The van der Waals surface area contributed by atoms with Gasteiger partial charge in [0.25, 0.3) is 0 Å². The minimum absolute atomic E-state index is 0.0378. The molecule has 2 aliphatic rings. The van der Waals surface area contributed by atoms with Gasteiger partial charge >= 0.3 is 6.03 Å². The molecule has 0 radical (unpaired) electrons. The Labute approximate surface area is 170 Å². The zero-order valence-electron chi connectivity index (χ0n) is 16.8. The van der Waals surface area contributed by atoms with Crippen molar-refractivity contribution in [3.63, 3.8) is 0 Å². The Morgan fingerprint density at radius 1 is 1.28 bits per heavy atom. The summed E-state index contributed by atoms with van der Waals surface area (Å²) in [4.78, 5) is 18.7. The van der Waals surface area contributed by atoms with E-state index in [9.17, 15) is 13.2 Å². The highest BCUT2D eigenvalue weighted by Gasteiger charge is 2.59. The highest BCUT2D eigenvalue weighted by molar-refractivity contribution is 7.89. The van der Waals surface area contributed by atoms with Crippen LogP contribution in [0.15, 0.2) is 28.8 Å². The summed E-state index contributed by atoms with van der Waals surface area (Å²) >= 11 is 0. The van der Waals surface area contributed by atoms with Crippen molar-refractivity contribution in [1.82, 2.24) is 19.3 Å². The van der Waals surface area contributed by atoms with Crippen LogP contribution in [-0.4, -0.2) is 65.7 Å². The molecule has 29 heavy (non-hydrogen) atoms. The number of hydrogen-bond acceptors (Lipinski definition) is 6. The Bertz CT molecular complexity index is 1030. The Hall–Kier alpha value is -2.46. The number of likely N-dealkylation sites (tertiary alicyclic amines) is 1. The first-order valence-corrected chi connectivity index (χ1v) is 11.2. The molecular weight excluding hydrogens is 394 g/mol. The molecule has 156 valence electrons. The number of anilines is 1. The van der Waals surface area contributed by atoms with Gasteiger partial charge in [-0.05, 0) is 32.4 Å². The molecule has 3 heterocycles. The molecule has 2 aliphatic heterocycles. The number of urea groups is 1. The van der Waals surface area contributed by atoms with Gasteiger partial charge in [0.1, 0.15) is 0 Å². The highest BCUT2D eigenvalue weighted by Crippen LogP contribution is 2.49. The van der Waals surface area contributed by atoms with E-state index in [2.05, 4.69) is 15.5 Å². The molecule has 4 rings (SSSR count). The second-order valence-corrected chi connectivity index (χ2v) is 10.1. The predicted molar refractivity (Wildman–Crippen MR) is 107 cm³/mol. The van der Waals surface area contributed by atoms with Crippen LogP contribution in [0.1, 0.15) is 30.1 Å². The van der Waals surface area contributed by atoms with Crippen molar-refractivity contribution in [2.24, 2.45) is 5.41 Å². The average molecular weight is 420 g/mol. The number of nitrogens with one attached hydrogen (secondary N) is 1. The van der Waals surface area contributed by atoms with E-state index in [-0.39, 0.29) is 17.7 Å². The van der Waals surface area contributed by atoms with Crippen LogP contribution in [0.25, 0.3) is 0 Å². The van der Waals surface area contributed by atoms with Crippen LogP contribution in [0.4, 0.5) is 10.5 Å². The summed E-state index contributed by atoms with van der Waals surface area (Å²) < 4.78 is 31.8. The maximum atomic E-state index is 12.7. The number of amides is 2. The largest absolute Gasteiger partial charge is 0.339 e. The molecule has 1 aromatic carbocycles. The van der Waals surface area contributed by atoms with E-state index < -0.39 is 15.4 Å². The van der Waals surface area contributed by atoms with Gasteiger partial charge in [0.05, 0.1) is 11.7 Å². The lowest BCUT2D eigenvalue weighted by molar-refractivity contribution is 0.0292. The van der Waals surface area contributed by atoms with Crippen LogP contribution in [0, 0.1) is 19.3 Å². The molecule has 9 nitrogen and oxygen atoms in total. The Balaban J connectivity index is 1.53. The van der Waals surface area contributed by atoms with Crippen molar-refractivity contribution in [3.05, 3.63) is 41.5 Å². The maximum Gasteiger partial charge on any atom is 0.321 e. The number of benzene rings is 1. The lowest BCUT2D eigenvalue weighted by atomic mass is 9.71. The fourth-order valence-corrected chi connectivity index (χ4v) is 5.39. The van der Waals surface area contributed by atoms with Gasteiger partial charge in [-0.3, -0.25) is 0 Å². The lowest BCUT2D eigenvalue weighted by Gasteiger charge is -2.49.